The third-order valence-electron chi connectivity index (χ3n) is 4.28. The monoisotopic (exact) mass is 343 g/mol. The van der Waals surface area contributed by atoms with E-state index in [1.807, 2.05) is 11.4 Å². The predicted octanol–water partition coefficient (Wildman–Crippen LogP) is 4.59. The van der Waals surface area contributed by atoms with Crippen molar-refractivity contribution in [1.29, 1.82) is 0 Å². The lowest BCUT2D eigenvalue weighted by molar-refractivity contribution is 0.0888. The predicted molar refractivity (Wildman–Crippen MR) is 85.0 cm³/mol. The van der Waals surface area contributed by atoms with Crippen molar-refractivity contribution < 1.29 is 4.79 Å². The molecule has 2 rings (SSSR count). The number of carbonyl (C=O) groups is 1. The zero-order valence-electron chi connectivity index (χ0n) is 11.7. The van der Waals surface area contributed by atoms with Crippen molar-refractivity contribution in [2.75, 3.05) is 13.6 Å². The fraction of sp³-hybridized carbons (Fsp3) is 0.667. The van der Waals surface area contributed by atoms with E-state index in [9.17, 15) is 4.79 Å². The number of carbonyl (C=O) groups excluding carboxylic acids is 1. The summed E-state index contributed by atoms with van der Waals surface area (Å²) >= 11 is 4.97. The highest BCUT2D eigenvalue weighted by Crippen LogP contribution is 2.29. The van der Waals surface area contributed by atoms with Crippen LogP contribution in [0.2, 0.25) is 0 Å². The van der Waals surface area contributed by atoms with Crippen LogP contribution in [0.25, 0.3) is 0 Å². The lowest BCUT2D eigenvalue weighted by Crippen LogP contribution is -2.38. The fourth-order valence-corrected chi connectivity index (χ4v) is 4.44. The average Bonchev–Trinajstić information content (AvgIpc) is 2.85. The number of halogens is 1. The van der Waals surface area contributed by atoms with Crippen molar-refractivity contribution in [2.24, 2.45) is 5.92 Å². The van der Waals surface area contributed by atoms with Crippen molar-refractivity contribution >= 4 is 33.0 Å². The Labute approximate surface area is 128 Å². The lowest BCUT2D eigenvalue weighted by Gasteiger charge is -2.34. The number of hydrogen-bond donors (Lipinski definition) is 0. The van der Waals surface area contributed by atoms with Crippen molar-refractivity contribution in [3.63, 3.8) is 0 Å². The third-order valence-corrected chi connectivity index (χ3v) is 6.16. The second kappa shape index (κ2) is 7.00. The zero-order valence-corrected chi connectivity index (χ0v) is 14.1. The molecule has 1 saturated carbocycles. The number of nitrogens with zero attached hydrogens (tertiary/aromatic N) is 1. The maximum absolute atomic E-state index is 12.2. The molecular formula is C15H22BrNOS. The Bertz CT molecular complexity index is 424. The van der Waals surface area contributed by atoms with Crippen molar-refractivity contribution in [3.05, 3.63) is 20.8 Å². The molecule has 0 N–H and O–H groups in total. The largest absolute Gasteiger partial charge is 0.296 e. The molecule has 1 aromatic heterocycles. The number of hydrogen-bond acceptors (Lipinski definition) is 3. The van der Waals surface area contributed by atoms with Gasteiger partial charge in [0.25, 0.3) is 0 Å². The van der Waals surface area contributed by atoms with Gasteiger partial charge in [-0.05, 0) is 66.0 Å². The van der Waals surface area contributed by atoms with E-state index in [-0.39, 0.29) is 5.78 Å². The Morgan fingerprint density at radius 3 is 2.63 bits per heavy atom. The Kier molecular flexibility index (Phi) is 5.60. The molecule has 0 saturated heterocycles. The van der Waals surface area contributed by atoms with Gasteiger partial charge in [0, 0.05) is 10.5 Å². The molecule has 106 valence electrons. The van der Waals surface area contributed by atoms with E-state index in [1.165, 1.54) is 43.4 Å². The average molecular weight is 344 g/mol. The van der Waals surface area contributed by atoms with Crippen molar-refractivity contribution in [1.82, 2.24) is 4.90 Å². The van der Waals surface area contributed by atoms with E-state index in [1.54, 1.807) is 0 Å². The minimum atomic E-state index is 0.238. The van der Waals surface area contributed by atoms with Crippen LogP contribution < -0.4 is 0 Å². The molecule has 1 fully saturated rings. The summed E-state index contributed by atoms with van der Waals surface area (Å²) in [7, 11) is 2.09. The molecule has 0 bridgehead atoms. The molecule has 1 heterocycles. The van der Waals surface area contributed by atoms with E-state index in [2.05, 4.69) is 34.8 Å². The van der Waals surface area contributed by atoms with Gasteiger partial charge < -0.3 is 0 Å². The molecule has 19 heavy (non-hydrogen) atoms. The molecule has 2 nitrogen and oxygen atoms in total. The van der Waals surface area contributed by atoms with Crippen molar-refractivity contribution in [2.45, 2.75) is 45.1 Å². The highest BCUT2D eigenvalue weighted by Gasteiger charge is 2.25. The third kappa shape index (κ3) is 3.89. The first-order chi connectivity index (χ1) is 9.11. The molecule has 0 aliphatic heterocycles. The van der Waals surface area contributed by atoms with Crippen LogP contribution in [-0.4, -0.2) is 30.3 Å². The Balaban J connectivity index is 1.86. The smallest absolute Gasteiger partial charge is 0.187 e. The van der Waals surface area contributed by atoms with Gasteiger partial charge in [-0.25, -0.2) is 0 Å². The van der Waals surface area contributed by atoms with Crippen LogP contribution >= 0.6 is 27.3 Å². The highest BCUT2D eigenvalue weighted by atomic mass is 79.9. The van der Waals surface area contributed by atoms with E-state index in [0.717, 1.165) is 15.3 Å². The van der Waals surface area contributed by atoms with E-state index < -0.39 is 0 Å². The Morgan fingerprint density at radius 1 is 1.42 bits per heavy atom. The summed E-state index contributed by atoms with van der Waals surface area (Å²) < 4.78 is 0.936. The standard InChI is InChI=1S/C15H22BrNOS/c1-3-11-4-6-12(7-5-11)17(2)10-14(18)15-13(16)8-9-19-15/h8-9,11-12H,3-7,10H2,1-2H3. The summed E-state index contributed by atoms with van der Waals surface area (Å²) in [4.78, 5) is 15.3. The fourth-order valence-electron chi connectivity index (χ4n) is 2.91. The maximum Gasteiger partial charge on any atom is 0.187 e. The van der Waals surface area contributed by atoms with Crippen LogP contribution in [0.1, 0.15) is 48.7 Å². The molecule has 0 aromatic carbocycles. The summed E-state index contributed by atoms with van der Waals surface area (Å²) in [6.07, 6.45) is 6.43. The van der Waals surface area contributed by atoms with Gasteiger partial charge in [-0.3, -0.25) is 9.69 Å². The molecule has 0 atom stereocenters. The van der Waals surface area contributed by atoms with E-state index in [0.29, 0.717) is 12.6 Å². The van der Waals surface area contributed by atoms with Gasteiger partial charge in [0.2, 0.25) is 0 Å². The summed E-state index contributed by atoms with van der Waals surface area (Å²) in [5, 5.41) is 1.96. The van der Waals surface area contributed by atoms with Gasteiger partial charge in [-0.15, -0.1) is 11.3 Å². The van der Waals surface area contributed by atoms with Crippen LogP contribution in [-0.2, 0) is 0 Å². The zero-order chi connectivity index (χ0) is 13.8. The second-order valence-corrected chi connectivity index (χ2v) is 7.29. The SMILES string of the molecule is CCC1CCC(N(C)CC(=O)c2sccc2Br)CC1. The molecular weight excluding hydrogens is 322 g/mol. The lowest BCUT2D eigenvalue weighted by atomic mass is 9.84. The summed E-state index contributed by atoms with van der Waals surface area (Å²) in [6.45, 7) is 2.83. The molecule has 4 heteroatoms. The topological polar surface area (TPSA) is 20.3 Å². The summed E-state index contributed by atoms with van der Waals surface area (Å²) in [6, 6.07) is 2.54. The van der Waals surface area contributed by atoms with Gasteiger partial charge in [-0.2, -0.15) is 0 Å². The van der Waals surface area contributed by atoms with Crippen LogP contribution in [0, 0.1) is 5.92 Å². The molecule has 0 radical (unpaired) electrons. The van der Waals surface area contributed by atoms with Crippen LogP contribution in [0.4, 0.5) is 0 Å². The van der Waals surface area contributed by atoms with Gasteiger partial charge in [0.15, 0.2) is 5.78 Å². The normalized spacial score (nSPS) is 23.8. The number of ketones is 1. The highest BCUT2D eigenvalue weighted by molar-refractivity contribution is 9.10. The second-order valence-electron chi connectivity index (χ2n) is 5.52. The number of rotatable bonds is 5. The van der Waals surface area contributed by atoms with E-state index >= 15 is 0 Å². The maximum atomic E-state index is 12.2. The first-order valence-corrected chi connectivity index (χ1v) is 8.75. The summed E-state index contributed by atoms with van der Waals surface area (Å²) in [5.74, 6) is 1.15. The minimum absolute atomic E-state index is 0.238. The van der Waals surface area contributed by atoms with E-state index in [4.69, 9.17) is 0 Å². The van der Waals surface area contributed by atoms with Gasteiger partial charge >= 0.3 is 0 Å². The van der Waals surface area contributed by atoms with Crippen LogP contribution in [0.3, 0.4) is 0 Å². The number of likely N-dealkylation sites (N-methyl/N-ethyl adjacent to an activating group) is 1. The molecule has 1 aliphatic carbocycles. The Morgan fingerprint density at radius 2 is 2.11 bits per heavy atom. The van der Waals surface area contributed by atoms with Gasteiger partial charge in [-0.1, -0.05) is 13.3 Å². The molecule has 0 unspecified atom stereocenters. The molecule has 1 aromatic rings. The minimum Gasteiger partial charge on any atom is -0.296 e. The number of thiophene rings is 1. The van der Waals surface area contributed by atoms with Gasteiger partial charge in [0.05, 0.1) is 11.4 Å². The quantitative estimate of drug-likeness (QED) is 0.728. The van der Waals surface area contributed by atoms with Crippen molar-refractivity contribution in [3.8, 4) is 0 Å². The van der Waals surface area contributed by atoms with Gasteiger partial charge in [0.1, 0.15) is 0 Å². The molecule has 0 amide bonds. The first kappa shape index (κ1) is 15.2. The first-order valence-electron chi connectivity index (χ1n) is 7.08. The molecule has 0 spiro atoms. The summed E-state index contributed by atoms with van der Waals surface area (Å²) in [5.41, 5.74) is 0. The molecule has 1 aliphatic rings. The number of Topliss-reactive ketones (excluding diaryl/α,β-unsaturated/α-hetero) is 1. The Hall–Kier alpha value is -0.190. The van der Waals surface area contributed by atoms with Crippen LogP contribution in [0.5, 0.6) is 0 Å². The van der Waals surface area contributed by atoms with Crippen LogP contribution in [0.15, 0.2) is 15.9 Å².